The first-order chi connectivity index (χ1) is 9.55. The molecule has 0 atom stereocenters. The van der Waals surface area contributed by atoms with Crippen molar-refractivity contribution in [2.45, 2.75) is 41.9 Å². The van der Waals surface area contributed by atoms with E-state index in [0.29, 0.717) is 11.1 Å². The molecule has 4 N–H and O–H groups in total. The maximum Gasteiger partial charge on any atom is 0.241 e. The Morgan fingerprint density at radius 3 is 2.65 bits per heavy atom. The van der Waals surface area contributed by atoms with E-state index in [2.05, 4.69) is 21.4 Å². The Kier molecular flexibility index (Phi) is 5.25. The summed E-state index contributed by atoms with van der Waals surface area (Å²) in [6.07, 6.45) is 7.41. The molecule has 1 aromatic heterocycles. The normalized spacial score (nSPS) is 23.5. The van der Waals surface area contributed by atoms with Gasteiger partial charge in [0.25, 0.3) is 0 Å². The number of nitrogen functional groups attached to an aromatic ring is 1. The molecule has 1 fully saturated rings. The summed E-state index contributed by atoms with van der Waals surface area (Å²) in [6, 6.07) is 2.91. The Hall–Kier alpha value is -0.830. The first kappa shape index (κ1) is 15.6. The Labute approximate surface area is 123 Å². The molecule has 0 amide bonds. The van der Waals surface area contributed by atoms with Crippen molar-refractivity contribution in [3.63, 3.8) is 0 Å². The number of anilines is 1. The number of hydrogen-bond acceptors (Lipinski definition) is 6. The number of pyridine rings is 1. The molecule has 1 aromatic rings. The van der Waals surface area contributed by atoms with Crippen molar-refractivity contribution >= 4 is 27.6 Å². The zero-order valence-corrected chi connectivity index (χ0v) is 13.0. The Morgan fingerprint density at radius 1 is 1.35 bits per heavy atom. The summed E-state index contributed by atoms with van der Waals surface area (Å²) in [5, 5.41) is 0.657. The van der Waals surface area contributed by atoms with Crippen LogP contribution in [0.5, 0.6) is 0 Å². The molecule has 0 aliphatic heterocycles. The van der Waals surface area contributed by atoms with Crippen molar-refractivity contribution in [1.29, 1.82) is 0 Å². The largest absolute Gasteiger partial charge is 0.308 e. The quantitative estimate of drug-likeness (QED) is 0.560. The second-order valence-corrected chi connectivity index (χ2v) is 7.70. The van der Waals surface area contributed by atoms with Crippen molar-refractivity contribution in [2.75, 3.05) is 11.7 Å². The van der Waals surface area contributed by atoms with Crippen LogP contribution in [0.3, 0.4) is 0 Å². The molecular weight excluding hydrogens is 296 g/mol. The number of rotatable bonds is 5. The van der Waals surface area contributed by atoms with Gasteiger partial charge in [-0.05, 0) is 38.0 Å². The van der Waals surface area contributed by atoms with E-state index >= 15 is 0 Å². The van der Waals surface area contributed by atoms with E-state index in [1.54, 1.807) is 0 Å². The van der Waals surface area contributed by atoms with E-state index in [9.17, 15) is 8.42 Å². The highest BCUT2D eigenvalue weighted by Crippen LogP contribution is 2.27. The second kappa shape index (κ2) is 6.75. The monoisotopic (exact) mass is 316 g/mol. The fraction of sp³-hybridized carbons (Fsp3) is 0.583. The highest BCUT2D eigenvalue weighted by molar-refractivity contribution is 7.99. The molecule has 0 aromatic carbocycles. The third kappa shape index (κ3) is 3.85. The van der Waals surface area contributed by atoms with Crippen molar-refractivity contribution in [2.24, 2.45) is 5.84 Å². The number of hydrogen-bond donors (Lipinski definition) is 3. The first-order valence-corrected chi connectivity index (χ1v) is 9.30. The van der Waals surface area contributed by atoms with Gasteiger partial charge in [0.2, 0.25) is 10.0 Å². The van der Waals surface area contributed by atoms with E-state index in [4.69, 9.17) is 5.84 Å². The van der Waals surface area contributed by atoms with Crippen LogP contribution in [0.4, 0.5) is 5.82 Å². The van der Waals surface area contributed by atoms with Gasteiger partial charge < -0.3 is 5.43 Å². The van der Waals surface area contributed by atoms with Crippen molar-refractivity contribution in [1.82, 2.24) is 9.71 Å². The maximum atomic E-state index is 12.3. The van der Waals surface area contributed by atoms with E-state index in [1.807, 2.05) is 11.8 Å². The summed E-state index contributed by atoms with van der Waals surface area (Å²) in [4.78, 5) is 4.10. The summed E-state index contributed by atoms with van der Waals surface area (Å²) in [5.41, 5.74) is 2.35. The van der Waals surface area contributed by atoms with Gasteiger partial charge in [0.05, 0.1) is 4.90 Å². The Balaban J connectivity index is 2.04. The molecule has 0 radical (unpaired) electrons. The lowest BCUT2D eigenvalue weighted by Crippen LogP contribution is -2.38. The second-order valence-electron chi connectivity index (χ2n) is 4.85. The average Bonchev–Trinajstić information content (AvgIpc) is 2.48. The van der Waals surface area contributed by atoms with Gasteiger partial charge in [-0.3, -0.25) is 0 Å². The lowest BCUT2D eigenvalue weighted by Gasteiger charge is -2.27. The molecule has 0 saturated heterocycles. The van der Waals surface area contributed by atoms with Gasteiger partial charge in [0.1, 0.15) is 5.82 Å². The third-order valence-corrected chi connectivity index (χ3v) is 6.18. The number of sulfonamides is 1. The molecule has 1 saturated carbocycles. The van der Waals surface area contributed by atoms with Gasteiger partial charge in [0, 0.05) is 23.6 Å². The molecule has 1 aliphatic carbocycles. The number of nitrogens with two attached hydrogens (primary N) is 1. The van der Waals surface area contributed by atoms with Crippen LogP contribution in [0.15, 0.2) is 23.2 Å². The summed E-state index contributed by atoms with van der Waals surface area (Å²) in [5.74, 6) is 5.58. The van der Waals surface area contributed by atoms with Crippen LogP contribution < -0.4 is 16.0 Å². The Morgan fingerprint density at radius 2 is 2.05 bits per heavy atom. The number of aromatic nitrogens is 1. The maximum absolute atomic E-state index is 12.3. The smallest absolute Gasteiger partial charge is 0.241 e. The standard InChI is InChI=1S/C12H20N4O2S2/c1-19-10-4-2-9(3-5-10)16-20(17,18)11-6-7-14-12(8-11)15-13/h6-10,16H,2-5,13H2,1H3,(H,14,15). The van der Waals surface area contributed by atoms with Crippen LogP contribution in [-0.2, 0) is 10.0 Å². The summed E-state index contributed by atoms with van der Waals surface area (Å²) in [7, 11) is -3.51. The number of nitrogens with zero attached hydrogens (tertiary/aromatic N) is 1. The predicted octanol–water partition coefficient (Wildman–Crippen LogP) is 1.32. The van der Waals surface area contributed by atoms with Gasteiger partial charge >= 0.3 is 0 Å². The number of thioether (sulfide) groups is 1. The summed E-state index contributed by atoms with van der Waals surface area (Å²) < 4.78 is 27.4. The van der Waals surface area contributed by atoms with Crippen LogP contribution in [-0.4, -0.2) is 30.9 Å². The van der Waals surface area contributed by atoms with Gasteiger partial charge in [0.15, 0.2) is 0 Å². The molecule has 2 rings (SSSR count). The topological polar surface area (TPSA) is 97.1 Å². The van der Waals surface area contributed by atoms with Crippen molar-refractivity contribution < 1.29 is 8.42 Å². The van der Waals surface area contributed by atoms with Gasteiger partial charge in [-0.25, -0.2) is 24.0 Å². The molecular formula is C12H20N4O2S2. The minimum absolute atomic E-state index is 0.0193. The Bertz CT molecular complexity index is 542. The van der Waals surface area contributed by atoms with E-state index in [1.165, 1.54) is 18.3 Å². The zero-order valence-electron chi connectivity index (χ0n) is 11.4. The lowest BCUT2D eigenvalue weighted by molar-refractivity contribution is 0.420. The van der Waals surface area contributed by atoms with Crippen LogP contribution in [0, 0.1) is 0 Å². The minimum atomic E-state index is -3.51. The zero-order chi connectivity index (χ0) is 14.6. The minimum Gasteiger partial charge on any atom is -0.308 e. The van der Waals surface area contributed by atoms with Gasteiger partial charge in [-0.15, -0.1) is 0 Å². The van der Waals surface area contributed by atoms with E-state index in [0.717, 1.165) is 25.7 Å². The summed E-state index contributed by atoms with van der Waals surface area (Å²) in [6.45, 7) is 0. The highest BCUT2D eigenvalue weighted by atomic mass is 32.2. The molecule has 112 valence electrons. The van der Waals surface area contributed by atoms with E-state index in [-0.39, 0.29) is 10.9 Å². The lowest BCUT2D eigenvalue weighted by atomic mass is 9.96. The SMILES string of the molecule is CSC1CCC(NS(=O)(=O)c2ccnc(NN)c2)CC1. The van der Waals surface area contributed by atoms with Crippen LogP contribution >= 0.6 is 11.8 Å². The fourth-order valence-corrected chi connectivity index (χ4v) is 4.42. The molecule has 20 heavy (non-hydrogen) atoms. The van der Waals surface area contributed by atoms with Gasteiger partial charge in [-0.2, -0.15) is 11.8 Å². The third-order valence-electron chi connectivity index (χ3n) is 3.52. The van der Waals surface area contributed by atoms with Crippen LogP contribution in [0.1, 0.15) is 25.7 Å². The molecule has 1 heterocycles. The van der Waals surface area contributed by atoms with Crippen molar-refractivity contribution in [3.05, 3.63) is 18.3 Å². The predicted molar refractivity (Wildman–Crippen MR) is 81.9 cm³/mol. The van der Waals surface area contributed by atoms with Crippen molar-refractivity contribution in [3.8, 4) is 0 Å². The average molecular weight is 316 g/mol. The highest BCUT2D eigenvalue weighted by Gasteiger charge is 2.25. The molecule has 0 unspecified atom stereocenters. The van der Waals surface area contributed by atoms with E-state index < -0.39 is 10.0 Å². The summed E-state index contributed by atoms with van der Waals surface area (Å²) >= 11 is 1.86. The fourth-order valence-electron chi connectivity index (χ4n) is 2.36. The molecule has 8 heteroatoms. The molecule has 6 nitrogen and oxygen atoms in total. The van der Waals surface area contributed by atoms with Crippen LogP contribution in [0.25, 0.3) is 0 Å². The number of hydrazine groups is 1. The van der Waals surface area contributed by atoms with Crippen LogP contribution in [0.2, 0.25) is 0 Å². The molecule has 0 bridgehead atoms. The number of nitrogens with one attached hydrogen (secondary N) is 2. The molecule has 1 aliphatic rings. The molecule has 0 spiro atoms. The van der Waals surface area contributed by atoms with Gasteiger partial charge in [-0.1, -0.05) is 0 Å². The first-order valence-electron chi connectivity index (χ1n) is 6.53.